The van der Waals surface area contributed by atoms with E-state index in [1.54, 1.807) is 25.1 Å². The van der Waals surface area contributed by atoms with Crippen LogP contribution in [0.25, 0.3) is 0 Å². The molecule has 0 aromatic heterocycles. The van der Waals surface area contributed by atoms with Gasteiger partial charge in [-0.3, -0.25) is 13.9 Å². The van der Waals surface area contributed by atoms with Crippen LogP contribution in [0.15, 0.2) is 42.5 Å². The lowest BCUT2D eigenvalue weighted by Gasteiger charge is -2.30. The summed E-state index contributed by atoms with van der Waals surface area (Å²) in [7, 11) is -3.88. The van der Waals surface area contributed by atoms with E-state index in [0.717, 1.165) is 22.7 Å². The first-order valence-corrected chi connectivity index (χ1v) is 10.6. The molecule has 1 N–H and O–H groups in total. The Morgan fingerprint density at radius 3 is 2.43 bits per heavy atom. The van der Waals surface area contributed by atoms with E-state index < -0.39 is 27.8 Å². The number of Topliss-reactive ketones (excluding diaryl/α,β-unsaturated/α-hetero) is 1. The molecule has 1 atom stereocenters. The maximum atomic E-state index is 13.5. The fourth-order valence-electron chi connectivity index (χ4n) is 2.72. The lowest BCUT2D eigenvalue weighted by Crippen LogP contribution is -2.47. The number of benzene rings is 2. The molecule has 0 saturated carbocycles. The highest BCUT2D eigenvalue weighted by Gasteiger charge is 2.32. The quantitative estimate of drug-likeness (QED) is 0.681. The van der Waals surface area contributed by atoms with Crippen molar-refractivity contribution in [1.29, 1.82) is 0 Å². The molecule has 0 heterocycles. The molecule has 150 valence electrons. The molecule has 0 aliphatic heterocycles. The molecule has 0 fully saturated rings. The number of halogens is 2. The third kappa shape index (κ3) is 5.08. The van der Waals surface area contributed by atoms with Crippen LogP contribution in [-0.4, -0.2) is 32.4 Å². The first kappa shape index (κ1) is 21.8. The van der Waals surface area contributed by atoms with Crippen molar-refractivity contribution in [3.8, 4) is 0 Å². The van der Waals surface area contributed by atoms with Gasteiger partial charge in [0.1, 0.15) is 11.9 Å². The van der Waals surface area contributed by atoms with Crippen LogP contribution in [0.3, 0.4) is 0 Å². The smallest absolute Gasteiger partial charge is 0.248 e. The van der Waals surface area contributed by atoms with Crippen molar-refractivity contribution in [1.82, 2.24) is 0 Å². The summed E-state index contributed by atoms with van der Waals surface area (Å²) in [6.45, 7) is 3.05. The number of hydrogen-bond donors (Lipinski definition) is 1. The zero-order chi connectivity index (χ0) is 21.1. The highest BCUT2D eigenvalue weighted by Crippen LogP contribution is 2.27. The molecule has 0 aliphatic rings. The normalized spacial score (nSPS) is 12.3. The number of nitrogens with zero attached hydrogens (tertiary/aromatic N) is 1. The number of carbonyl (C=O) groups is 2. The number of hydrogen-bond acceptors (Lipinski definition) is 4. The molecular weight excluding hydrogens is 407 g/mol. The molecule has 0 spiro atoms. The van der Waals surface area contributed by atoms with Crippen LogP contribution in [0.5, 0.6) is 0 Å². The van der Waals surface area contributed by atoms with Crippen molar-refractivity contribution in [2.75, 3.05) is 15.9 Å². The van der Waals surface area contributed by atoms with E-state index in [-0.39, 0.29) is 22.9 Å². The number of carbonyl (C=O) groups excluding carboxylic acids is 2. The second-order valence-electron chi connectivity index (χ2n) is 6.21. The Morgan fingerprint density at radius 2 is 1.89 bits per heavy atom. The number of nitrogens with one attached hydrogen (secondary N) is 1. The highest BCUT2D eigenvalue weighted by molar-refractivity contribution is 7.92. The second kappa shape index (κ2) is 8.70. The Labute approximate surface area is 168 Å². The molecule has 0 aliphatic carbocycles. The minimum absolute atomic E-state index is 0.0772. The highest BCUT2D eigenvalue weighted by atomic mass is 35.5. The van der Waals surface area contributed by atoms with Gasteiger partial charge in [-0.25, -0.2) is 12.8 Å². The summed E-state index contributed by atoms with van der Waals surface area (Å²) in [6, 6.07) is 8.66. The summed E-state index contributed by atoms with van der Waals surface area (Å²) >= 11 is 5.78. The first-order chi connectivity index (χ1) is 13.0. The third-order valence-electron chi connectivity index (χ3n) is 4.02. The van der Waals surface area contributed by atoms with Gasteiger partial charge in [0.15, 0.2) is 5.78 Å². The number of rotatable bonds is 7. The van der Waals surface area contributed by atoms with E-state index >= 15 is 0 Å². The van der Waals surface area contributed by atoms with Gasteiger partial charge >= 0.3 is 0 Å². The fraction of sp³-hybridized carbons (Fsp3) is 0.263. The number of sulfonamides is 1. The fourth-order valence-corrected chi connectivity index (χ4v) is 4.10. The number of ketones is 1. The second-order valence-corrected chi connectivity index (χ2v) is 8.47. The van der Waals surface area contributed by atoms with Crippen LogP contribution in [0.4, 0.5) is 15.8 Å². The Morgan fingerprint density at radius 1 is 1.21 bits per heavy atom. The average molecular weight is 427 g/mol. The van der Waals surface area contributed by atoms with Crippen molar-refractivity contribution < 1.29 is 22.4 Å². The van der Waals surface area contributed by atoms with Crippen LogP contribution < -0.4 is 9.62 Å². The van der Waals surface area contributed by atoms with Gasteiger partial charge in [-0.15, -0.1) is 0 Å². The van der Waals surface area contributed by atoms with Crippen LogP contribution in [0.2, 0.25) is 5.02 Å². The van der Waals surface area contributed by atoms with Gasteiger partial charge in [0, 0.05) is 11.3 Å². The molecule has 2 aromatic carbocycles. The van der Waals surface area contributed by atoms with Crippen molar-refractivity contribution in [3.63, 3.8) is 0 Å². The topological polar surface area (TPSA) is 83.6 Å². The maximum absolute atomic E-state index is 13.5. The predicted molar refractivity (Wildman–Crippen MR) is 108 cm³/mol. The van der Waals surface area contributed by atoms with Crippen LogP contribution in [0, 0.1) is 5.82 Å². The first-order valence-electron chi connectivity index (χ1n) is 8.41. The Bertz CT molecular complexity index is 1010. The van der Waals surface area contributed by atoms with E-state index in [9.17, 15) is 22.4 Å². The van der Waals surface area contributed by atoms with Gasteiger partial charge in [0.25, 0.3) is 0 Å². The molecule has 2 aromatic rings. The van der Waals surface area contributed by atoms with E-state index in [4.69, 9.17) is 11.6 Å². The van der Waals surface area contributed by atoms with Gasteiger partial charge < -0.3 is 5.32 Å². The average Bonchev–Trinajstić information content (AvgIpc) is 2.61. The largest absolute Gasteiger partial charge is 0.324 e. The van der Waals surface area contributed by atoms with Gasteiger partial charge in [0.2, 0.25) is 15.9 Å². The lowest BCUT2D eigenvalue weighted by molar-refractivity contribution is -0.117. The van der Waals surface area contributed by atoms with E-state index in [1.165, 1.54) is 19.1 Å². The SMILES string of the molecule is CC[C@@H](C(=O)Nc1cccc(C(C)=O)c1)N(c1ccc(F)c(Cl)c1)S(C)(=O)=O. The summed E-state index contributed by atoms with van der Waals surface area (Å²) in [6.07, 6.45) is 1.11. The van der Waals surface area contributed by atoms with Crippen molar-refractivity contribution in [2.24, 2.45) is 0 Å². The molecular formula is C19H20ClFN2O4S. The van der Waals surface area contributed by atoms with Gasteiger partial charge in [0.05, 0.1) is 17.0 Å². The van der Waals surface area contributed by atoms with Crippen LogP contribution >= 0.6 is 11.6 Å². The zero-order valence-corrected chi connectivity index (χ0v) is 17.1. The Balaban J connectivity index is 2.40. The monoisotopic (exact) mass is 426 g/mol. The number of amides is 1. The predicted octanol–water partition coefficient (Wildman–Crippen LogP) is 3.87. The van der Waals surface area contributed by atoms with Crippen molar-refractivity contribution in [3.05, 3.63) is 58.9 Å². The summed E-state index contributed by atoms with van der Waals surface area (Å²) in [5, 5.41) is 2.38. The lowest BCUT2D eigenvalue weighted by atomic mass is 10.1. The minimum atomic E-state index is -3.88. The third-order valence-corrected chi connectivity index (χ3v) is 5.49. The molecule has 2 rings (SSSR count). The summed E-state index contributed by atoms with van der Waals surface area (Å²) in [5.74, 6) is -1.45. The van der Waals surface area contributed by atoms with Gasteiger partial charge in [-0.05, 0) is 43.7 Å². The van der Waals surface area contributed by atoms with E-state index in [2.05, 4.69) is 5.32 Å². The molecule has 9 heteroatoms. The van der Waals surface area contributed by atoms with Crippen LogP contribution in [0.1, 0.15) is 30.6 Å². The Hall–Kier alpha value is -2.45. The molecule has 0 bridgehead atoms. The molecule has 1 amide bonds. The maximum Gasteiger partial charge on any atom is 0.248 e. The van der Waals surface area contributed by atoms with Crippen molar-refractivity contribution in [2.45, 2.75) is 26.3 Å². The van der Waals surface area contributed by atoms with Gasteiger partial charge in [-0.1, -0.05) is 30.7 Å². The van der Waals surface area contributed by atoms with E-state index in [0.29, 0.717) is 11.3 Å². The number of anilines is 2. The zero-order valence-electron chi connectivity index (χ0n) is 15.6. The van der Waals surface area contributed by atoms with Crippen molar-refractivity contribution >= 4 is 44.7 Å². The Kier molecular flexibility index (Phi) is 6.79. The molecule has 0 saturated heterocycles. The summed E-state index contributed by atoms with van der Waals surface area (Å²) in [5.41, 5.74) is 0.853. The minimum Gasteiger partial charge on any atom is -0.324 e. The van der Waals surface area contributed by atoms with Gasteiger partial charge in [-0.2, -0.15) is 0 Å². The molecule has 28 heavy (non-hydrogen) atoms. The molecule has 0 unspecified atom stereocenters. The summed E-state index contributed by atoms with van der Waals surface area (Å²) in [4.78, 5) is 24.3. The molecule has 0 radical (unpaired) electrons. The van der Waals surface area contributed by atoms with E-state index in [1.807, 2.05) is 0 Å². The summed E-state index contributed by atoms with van der Waals surface area (Å²) < 4.78 is 39.2. The standard InChI is InChI=1S/C19H20ClFN2O4S/c1-4-18(19(25)22-14-7-5-6-13(10-14)12(2)24)23(28(3,26)27)15-8-9-17(21)16(20)11-15/h5-11,18H,4H2,1-3H3,(H,22,25)/t18-/m0/s1. The molecule has 6 nitrogen and oxygen atoms in total. The van der Waals surface area contributed by atoms with Crippen LogP contribution in [-0.2, 0) is 14.8 Å².